The zero-order valence-corrected chi connectivity index (χ0v) is 12.7. The molecule has 6 heteroatoms. The first-order valence-electron chi connectivity index (χ1n) is 7.13. The fourth-order valence-electron chi connectivity index (χ4n) is 2.35. The van der Waals surface area contributed by atoms with Gasteiger partial charge in [0.15, 0.2) is 0 Å². The third-order valence-corrected chi connectivity index (χ3v) is 4.04. The summed E-state index contributed by atoms with van der Waals surface area (Å²) in [6.07, 6.45) is 3.73. The van der Waals surface area contributed by atoms with Crippen LogP contribution in [0.15, 0.2) is 16.7 Å². The van der Waals surface area contributed by atoms with E-state index in [9.17, 15) is 0 Å². The van der Waals surface area contributed by atoms with Crippen molar-refractivity contribution < 1.29 is 9.26 Å². The van der Waals surface area contributed by atoms with Crippen LogP contribution < -0.4 is 10.5 Å². The van der Waals surface area contributed by atoms with E-state index >= 15 is 0 Å². The zero-order valence-electron chi connectivity index (χ0n) is 11.9. The Labute approximate surface area is 128 Å². The van der Waals surface area contributed by atoms with E-state index in [0.29, 0.717) is 35.0 Å². The third-order valence-electron chi connectivity index (χ3n) is 3.76. The molecule has 3 rings (SSSR count). The van der Waals surface area contributed by atoms with Crippen LogP contribution >= 0.6 is 11.6 Å². The van der Waals surface area contributed by atoms with Gasteiger partial charge in [0.05, 0.1) is 23.7 Å². The molecule has 1 aliphatic carbocycles. The number of hydrogen-bond donors (Lipinski definition) is 1. The molecule has 0 bridgehead atoms. The lowest BCUT2D eigenvalue weighted by Crippen LogP contribution is -2.19. The van der Waals surface area contributed by atoms with E-state index in [0.717, 1.165) is 11.1 Å². The molecular formula is C15H18ClN3O2. The number of nitrogens with zero attached hydrogens (tertiary/aromatic N) is 2. The van der Waals surface area contributed by atoms with Crippen molar-refractivity contribution in [3.05, 3.63) is 28.6 Å². The van der Waals surface area contributed by atoms with Crippen molar-refractivity contribution in [2.45, 2.75) is 32.7 Å². The van der Waals surface area contributed by atoms with Crippen LogP contribution in [0.5, 0.6) is 5.75 Å². The first-order chi connectivity index (χ1) is 10.2. The number of rotatable bonds is 5. The second-order valence-electron chi connectivity index (χ2n) is 5.45. The molecule has 1 aromatic heterocycles. The highest BCUT2D eigenvalue weighted by Gasteiger charge is 2.21. The van der Waals surface area contributed by atoms with Crippen molar-refractivity contribution in [1.82, 2.24) is 10.1 Å². The van der Waals surface area contributed by atoms with Crippen molar-refractivity contribution >= 4 is 11.6 Å². The van der Waals surface area contributed by atoms with Crippen LogP contribution in [-0.2, 0) is 6.54 Å². The molecule has 1 fully saturated rings. The Morgan fingerprint density at radius 2 is 2.24 bits per heavy atom. The van der Waals surface area contributed by atoms with E-state index in [4.69, 9.17) is 26.6 Å². The Balaban J connectivity index is 1.92. The summed E-state index contributed by atoms with van der Waals surface area (Å²) < 4.78 is 11.0. The Bertz CT molecular complexity index is 638. The summed E-state index contributed by atoms with van der Waals surface area (Å²) in [5, 5.41) is 4.53. The lowest BCUT2D eigenvalue weighted by molar-refractivity contribution is 0.181. The summed E-state index contributed by atoms with van der Waals surface area (Å²) in [5.74, 6) is 2.11. The predicted molar refractivity (Wildman–Crippen MR) is 80.2 cm³/mol. The molecule has 21 heavy (non-hydrogen) atoms. The monoisotopic (exact) mass is 307 g/mol. The number of halogens is 1. The van der Waals surface area contributed by atoms with Crippen molar-refractivity contribution in [1.29, 1.82) is 0 Å². The minimum absolute atomic E-state index is 0.213. The van der Waals surface area contributed by atoms with Crippen LogP contribution in [0.25, 0.3) is 11.4 Å². The van der Waals surface area contributed by atoms with E-state index in [1.165, 1.54) is 19.3 Å². The Morgan fingerprint density at radius 1 is 1.43 bits per heavy atom. The van der Waals surface area contributed by atoms with Gasteiger partial charge in [0, 0.05) is 0 Å². The van der Waals surface area contributed by atoms with Crippen LogP contribution in [-0.4, -0.2) is 16.7 Å². The minimum atomic E-state index is 0.213. The molecule has 0 amide bonds. The van der Waals surface area contributed by atoms with Crippen molar-refractivity contribution in [2.24, 2.45) is 11.7 Å². The molecule has 0 saturated heterocycles. The highest BCUT2D eigenvalue weighted by Crippen LogP contribution is 2.37. The second kappa shape index (κ2) is 6.03. The number of nitrogens with two attached hydrogens (primary N) is 1. The van der Waals surface area contributed by atoms with Crippen molar-refractivity contribution in [3.8, 4) is 17.1 Å². The van der Waals surface area contributed by atoms with Gasteiger partial charge in [-0.1, -0.05) is 23.2 Å². The van der Waals surface area contributed by atoms with Crippen LogP contribution in [0.4, 0.5) is 0 Å². The molecule has 0 atom stereocenters. The van der Waals surface area contributed by atoms with Gasteiger partial charge in [0.25, 0.3) is 0 Å². The van der Waals surface area contributed by atoms with E-state index in [1.54, 1.807) is 0 Å². The molecule has 1 aromatic carbocycles. The average molecular weight is 308 g/mol. The van der Waals surface area contributed by atoms with Gasteiger partial charge < -0.3 is 15.0 Å². The maximum atomic E-state index is 6.33. The topological polar surface area (TPSA) is 74.2 Å². The highest BCUT2D eigenvalue weighted by atomic mass is 35.5. The maximum Gasteiger partial charge on any atom is 0.240 e. The van der Waals surface area contributed by atoms with Gasteiger partial charge in [-0.25, -0.2) is 0 Å². The van der Waals surface area contributed by atoms with Gasteiger partial charge in [-0.2, -0.15) is 4.98 Å². The van der Waals surface area contributed by atoms with Gasteiger partial charge in [0.1, 0.15) is 5.75 Å². The van der Waals surface area contributed by atoms with Gasteiger partial charge >= 0.3 is 0 Å². The third kappa shape index (κ3) is 3.04. The number of hydrogen-bond acceptors (Lipinski definition) is 5. The van der Waals surface area contributed by atoms with Gasteiger partial charge in [-0.05, 0) is 43.4 Å². The molecular weight excluding hydrogens is 290 g/mol. The fraction of sp³-hybridized carbons (Fsp3) is 0.467. The summed E-state index contributed by atoms with van der Waals surface area (Å²) >= 11 is 6.33. The summed E-state index contributed by atoms with van der Waals surface area (Å²) in [6, 6.07) is 3.83. The molecule has 2 N–H and O–H groups in total. The molecule has 112 valence electrons. The first kappa shape index (κ1) is 14.4. The van der Waals surface area contributed by atoms with E-state index in [-0.39, 0.29) is 6.54 Å². The van der Waals surface area contributed by atoms with Gasteiger partial charge in [0.2, 0.25) is 11.7 Å². The van der Waals surface area contributed by atoms with Crippen LogP contribution in [0.2, 0.25) is 5.02 Å². The smallest absolute Gasteiger partial charge is 0.240 e. The SMILES string of the molecule is Cc1cc(Cl)c(OCC2CCC2)c(-c2noc(CN)n2)c1. The zero-order chi connectivity index (χ0) is 14.8. The summed E-state index contributed by atoms with van der Waals surface area (Å²) in [7, 11) is 0. The Morgan fingerprint density at radius 3 is 2.86 bits per heavy atom. The maximum absolute atomic E-state index is 6.33. The Hall–Kier alpha value is -1.59. The van der Waals surface area contributed by atoms with Crippen molar-refractivity contribution in [3.63, 3.8) is 0 Å². The summed E-state index contributed by atoms with van der Waals surface area (Å²) in [5.41, 5.74) is 7.28. The average Bonchev–Trinajstić information content (AvgIpc) is 2.87. The number of ether oxygens (including phenoxy) is 1. The number of benzene rings is 1. The van der Waals surface area contributed by atoms with Gasteiger partial charge in [-0.15, -0.1) is 0 Å². The molecule has 1 heterocycles. The lowest BCUT2D eigenvalue weighted by atomic mass is 9.86. The molecule has 0 unspecified atom stereocenters. The number of aryl methyl sites for hydroxylation is 1. The largest absolute Gasteiger partial charge is 0.491 e. The quantitative estimate of drug-likeness (QED) is 0.917. The minimum Gasteiger partial charge on any atom is -0.491 e. The van der Waals surface area contributed by atoms with Crippen LogP contribution in [0, 0.1) is 12.8 Å². The van der Waals surface area contributed by atoms with Crippen LogP contribution in [0.1, 0.15) is 30.7 Å². The van der Waals surface area contributed by atoms with E-state index in [2.05, 4.69) is 10.1 Å². The standard InChI is InChI=1S/C15H18ClN3O2/c1-9-5-11(15-18-13(7-17)21-19-15)14(12(16)6-9)20-8-10-3-2-4-10/h5-6,10H,2-4,7-8,17H2,1H3. The predicted octanol–water partition coefficient (Wildman–Crippen LogP) is 3.34. The Kier molecular flexibility index (Phi) is 4.12. The van der Waals surface area contributed by atoms with Crippen LogP contribution in [0.3, 0.4) is 0 Å². The summed E-state index contributed by atoms with van der Waals surface area (Å²) in [6.45, 7) is 2.86. The molecule has 1 aliphatic rings. The molecule has 2 aromatic rings. The van der Waals surface area contributed by atoms with Gasteiger partial charge in [-0.3, -0.25) is 0 Å². The lowest BCUT2D eigenvalue weighted by Gasteiger charge is -2.25. The molecule has 0 spiro atoms. The van der Waals surface area contributed by atoms with Crippen molar-refractivity contribution in [2.75, 3.05) is 6.61 Å². The molecule has 0 aliphatic heterocycles. The summed E-state index contributed by atoms with van der Waals surface area (Å²) in [4.78, 5) is 4.26. The second-order valence-corrected chi connectivity index (χ2v) is 5.85. The van der Waals surface area contributed by atoms with E-state index in [1.807, 2.05) is 19.1 Å². The molecule has 5 nitrogen and oxygen atoms in total. The fourth-order valence-corrected chi connectivity index (χ4v) is 2.68. The normalized spacial score (nSPS) is 15.0. The first-order valence-corrected chi connectivity index (χ1v) is 7.51. The molecule has 1 saturated carbocycles. The number of aromatic nitrogens is 2. The highest BCUT2D eigenvalue weighted by molar-refractivity contribution is 6.32. The molecule has 0 radical (unpaired) electrons. The van der Waals surface area contributed by atoms with E-state index < -0.39 is 0 Å².